The number of aromatic carboxylic acids is 1. The van der Waals surface area contributed by atoms with Crippen molar-refractivity contribution in [3.63, 3.8) is 0 Å². The van der Waals surface area contributed by atoms with Crippen LogP contribution in [-0.4, -0.2) is 25.6 Å². The Morgan fingerprint density at radius 2 is 2.18 bits per heavy atom. The highest BCUT2D eigenvalue weighted by Gasteiger charge is 2.14. The number of H-pyrrole nitrogens is 1. The Balaban J connectivity index is 3.03. The maximum absolute atomic E-state index is 11.5. The SMILES string of the molecule is Cn1c(=O)[nH]c(=O)c2cc(C(=O)O)c(N)nc21. The van der Waals surface area contributed by atoms with Gasteiger partial charge in [-0.05, 0) is 6.07 Å². The van der Waals surface area contributed by atoms with Gasteiger partial charge in [0.05, 0.1) is 5.39 Å². The third-order valence-corrected chi connectivity index (χ3v) is 2.35. The number of carbonyl (C=O) groups is 1. The maximum atomic E-state index is 11.5. The fourth-order valence-electron chi connectivity index (χ4n) is 1.46. The number of anilines is 1. The minimum absolute atomic E-state index is 0.00120. The largest absolute Gasteiger partial charge is 0.478 e. The quantitative estimate of drug-likeness (QED) is 0.576. The zero-order valence-corrected chi connectivity index (χ0v) is 8.72. The molecule has 17 heavy (non-hydrogen) atoms. The number of carboxylic acid groups (broad SMARTS) is 1. The minimum Gasteiger partial charge on any atom is -0.478 e. The van der Waals surface area contributed by atoms with Crippen molar-refractivity contribution in [3.8, 4) is 0 Å². The summed E-state index contributed by atoms with van der Waals surface area (Å²) in [4.78, 5) is 39.4. The number of aromatic nitrogens is 3. The first-order valence-electron chi connectivity index (χ1n) is 4.54. The van der Waals surface area contributed by atoms with Crippen LogP contribution in [0.15, 0.2) is 15.7 Å². The van der Waals surface area contributed by atoms with E-state index >= 15 is 0 Å². The van der Waals surface area contributed by atoms with Crippen LogP contribution in [-0.2, 0) is 7.05 Å². The molecule has 8 heteroatoms. The summed E-state index contributed by atoms with van der Waals surface area (Å²) in [5, 5.41) is 8.84. The number of hydrogen-bond donors (Lipinski definition) is 3. The third-order valence-electron chi connectivity index (χ3n) is 2.35. The highest BCUT2D eigenvalue weighted by molar-refractivity contribution is 5.96. The Bertz CT molecular complexity index is 743. The Morgan fingerprint density at radius 3 is 2.76 bits per heavy atom. The number of rotatable bonds is 1. The van der Waals surface area contributed by atoms with E-state index in [1.807, 2.05) is 4.98 Å². The van der Waals surface area contributed by atoms with Gasteiger partial charge in [-0.25, -0.2) is 14.6 Å². The molecule has 0 aliphatic carbocycles. The van der Waals surface area contributed by atoms with Gasteiger partial charge in [-0.1, -0.05) is 0 Å². The van der Waals surface area contributed by atoms with Crippen molar-refractivity contribution in [1.82, 2.24) is 14.5 Å². The lowest BCUT2D eigenvalue weighted by molar-refractivity contribution is 0.0698. The van der Waals surface area contributed by atoms with Gasteiger partial charge in [0.1, 0.15) is 11.4 Å². The fraction of sp³-hybridized carbons (Fsp3) is 0.111. The number of fused-ring (bicyclic) bond motifs is 1. The first-order valence-corrected chi connectivity index (χ1v) is 4.54. The van der Waals surface area contributed by atoms with Gasteiger partial charge in [-0.15, -0.1) is 0 Å². The molecule has 0 bridgehead atoms. The average molecular weight is 236 g/mol. The van der Waals surface area contributed by atoms with Crippen molar-refractivity contribution < 1.29 is 9.90 Å². The zero-order valence-electron chi connectivity index (χ0n) is 8.72. The molecule has 0 spiro atoms. The lowest BCUT2D eigenvalue weighted by Crippen LogP contribution is -2.29. The van der Waals surface area contributed by atoms with Gasteiger partial charge >= 0.3 is 11.7 Å². The van der Waals surface area contributed by atoms with Crippen LogP contribution in [0.25, 0.3) is 11.0 Å². The van der Waals surface area contributed by atoms with E-state index in [9.17, 15) is 14.4 Å². The number of aromatic amines is 1. The first-order chi connectivity index (χ1) is 7.91. The second-order valence-electron chi connectivity index (χ2n) is 3.42. The summed E-state index contributed by atoms with van der Waals surface area (Å²) in [5.41, 5.74) is 3.87. The second kappa shape index (κ2) is 3.44. The zero-order chi connectivity index (χ0) is 12.7. The molecule has 0 aromatic carbocycles. The summed E-state index contributed by atoms with van der Waals surface area (Å²) in [6.45, 7) is 0. The van der Waals surface area contributed by atoms with E-state index in [4.69, 9.17) is 10.8 Å². The predicted octanol–water partition coefficient (Wildman–Crippen LogP) is -1.10. The lowest BCUT2D eigenvalue weighted by Gasteiger charge is -2.05. The van der Waals surface area contributed by atoms with Crippen LogP contribution >= 0.6 is 0 Å². The number of hydrogen-bond acceptors (Lipinski definition) is 5. The van der Waals surface area contributed by atoms with Crippen molar-refractivity contribution in [2.24, 2.45) is 7.05 Å². The molecule has 4 N–H and O–H groups in total. The predicted molar refractivity (Wildman–Crippen MR) is 59.0 cm³/mol. The molecule has 0 amide bonds. The van der Waals surface area contributed by atoms with Crippen LogP contribution in [0.1, 0.15) is 10.4 Å². The van der Waals surface area contributed by atoms with Crippen molar-refractivity contribution in [2.75, 3.05) is 5.73 Å². The Kier molecular flexibility index (Phi) is 2.20. The molecule has 0 unspecified atom stereocenters. The molecule has 0 aliphatic rings. The Hall–Kier alpha value is -2.64. The van der Waals surface area contributed by atoms with Crippen LogP contribution in [0.2, 0.25) is 0 Å². The highest BCUT2D eigenvalue weighted by Crippen LogP contribution is 2.13. The van der Waals surface area contributed by atoms with Crippen LogP contribution < -0.4 is 17.0 Å². The van der Waals surface area contributed by atoms with E-state index in [1.54, 1.807) is 0 Å². The van der Waals surface area contributed by atoms with Crippen LogP contribution in [0.3, 0.4) is 0 Å². The molecule has 0 aliphatic heterocycles. The number of nitrogens with two attached hydrogens (primary N) is 1. The molecule has 0 saturated carbocycles. The summed E-state index contributed by atoms with van der Waals surface area (Å²) < 4.78 is 1.08. The monoisotopic (exact) mass is 236 g/mol. The summed E-state index contributed by atoms with van der Waals surface area (Å²) in [6.07, 6.45) is 0. The van der Waals surface area contributed by atoms with E-state index in [2.05, 4.69) is 4.98 Å². The van der Waals surface area contributed by atoms with Gasteiger partial charge in [0.25, 0.3) is 5.56 Å². The minimum atomic E-state index is -1.29. The molecule has 2 aromatic heterocycles. The van der Waals surface area contributed by atoms with Crippen molar-refractivity contribution in [3.05, 3.63) is 32.5 Å². The first kappa shape index (κ1) is 10.9. The molecule has 8 nitrogen and oxygen atoms in total. The standard InChI is InChI=1S/C9H8N4O4/c1-13-6-4(7(14)12-9(13)17)2-3(8(15)16)5(10)11-6/h2H,1H3,(H2,10,11)(H,15,16)(H,12,14,17). The van der Waals surface area contributed by atoms with E-state index < -0.39 is 17.2 Å². The van der Waals surface area contributed by atoms with Crippen LogP contribution in [0.5, 0.6) is 0 Å². The van der Waals surface area contributed by atoms with Gasteiger partial charge in [-0.2, -0.15) is 0 Å². The average Bonchev–Trinajstić information content (AvgIpc) is 2.25. The summed E-state index contributed by atoms with van der Waals surface area (Å²) in [5.74, 6) is -1.53. The topological polar surface area (TPSA) is 131 Å². The fourth-order valence-corrected chi connectivity index (χ4v) is 1.46. The molecule has 2 rings (SSSR count). The van der Waals surface area contributed by atoms with Gasteiger partial charge in [-0.3, -0.25) is 14.3 Å². The van der Waals surface area contributed by atoms with Crippen LogP contribution in [0.4, 0.5) is 5.82 Å². The van der Waals surface area contributed by atoms with E-state index in [-0.39, 0.29) is 22.4 Å². The summed E-state index contributed by atoms with van der Waals surface area (Å²) >= 11 is 0. The molecule has 0 saturated heterocycles. The molecular weight excluding hydrogens is 228 g/mol. The summed E-state index contributed by atoms with van der Waals surface area (Å²) in [7, 11) is 1.40. The molecule has 0 radical (unpaired) electrons. The molecule has 2 aromatic rings. The molecular formula is C9H8N4O4. The molecule has 0 fully saturated rings. The highest BCUT2D eigenvalue weighted by atomic mass is 16.4. The third kappa shape index (κ3) is 1.55. The van der Waals surface area contributed by atoms with Crippen molar-refractivity contribution in [2.45, 2.75) is 0 Å². The van der Waals surface area contributed by atoms with Crippen molar-refractivity contribution >= 4 is 22.8 Å². The normalized spacial score (nSPS) is 10.6. The van der Waals surface area contributed by atoms with E-state index in [1.165, 1.54) is 7.05 Å². The number of pyridine rings is 1. The molecule has 88 valence electrons. The lowest BCUT2D eigenvalue weighted by atomic mass is 10.2. The second-order valence-corrected chi connectivity index (χ2v) is 3.42. The van der Waals surface area contributed by atoms with Gasteiger partial charge in [0.15, 0.2) is 5.65 Å². The number of nitrogens with zero attached hydrogens (tertiary/aromatic N) is 2. The molecule has 2 heterocycles. The molecule has 0 atom stereocenters. The number of nitrogen functional groups attached to an aromatic ring is 1. The maximum Gasteiger partial charge on any atom is 0.339 e. The van der Waals surface area contributed by atoms with E-state index in [0.717, 1.165) is 10.6 Å². The Labute approximate surface area is 93.3 Å². The van der Waals surface area contributed by atoms with Crippen LogP contribution in [0, 0.1) is 0 Å². The van der Waals surface area contributed by atoms with Gasteiger partial charge < -0.3 is 10.8 Å². The Morgan fingerprint density at radius 1 is 1.53 bits per heavy atom. The smallest absolute Gasteiger partial charge is 0.339 e. The number of aryl methyl sites for hydroxylation is 1. The number of carboxylic acids is 1. The van der Waals surface area contributed by atoms with Gasteiger partial charge in [0.2, 0.25) is 0 Å². The van der Waals surface area contributed by atoms with E-state index in [0.29, 0.717) is 0 Å². The summed E-state index contributed by atoms with van der Waals surface area (Å²) in [6, 6.07) is 1.10. The van der Waals surface area contributed by atoms with Gasteiger partial charge in [0, 0.05) is 7.05 Å². The number of nitrogens with one attached hydrogen (secondary N) is 1. The van der Waals surface area contributed by atoms with Crippen molar-refractivity contribution in [1.29, 1.82) is 0 Å².